The van der Waals surface area contributed by atoms with Gasteiger partial charge in [0, 0.05) is 13.3 Å². The number of pyridine rings is 1. The minimum absolute atomic E-state index is 0.151. The van der Waals surface area contributed by atoms with Crippen LogP contribution in [0.15, 0.2) is 28.9 Å². The molecule has 1 amide bonds. The second kappa shape index (κ2) is 7.11. The second-order valence-corrected chi connectivity index (χ2v) is 6.09. The number of rotatable bonds is 6. The standard InChI is InChI=1S/C17H21N3O4/c1-10-13(9-23-2)16(20-24-10)17(22)19-15(11-7-12(21)8-11)14-5-3-4-6-18-14/h3-6,11-12,15,21H,7-9H2,1-2H3,(H,19,22)/t11?,12?,15-/m0/s1. The average molecular weight is 331 g/mol. The molecule has 2 aromatic rings. The Morgan fingerprint density at radius 3 is 2.92 bits per heavy atom. The number of hydrogen-bond acceptors (Lipinski definition) is 6. The van der Waals surface area contributed by atoms with Gasteiger partial charge in [-0.2, -0.15) is 0 Å². The van der Waals surface area contributed by atoms with E-state index in [1.54, 1.807) is 20.2 Å². The highest BCUT2D eigenvalue weighted by Gasteiger charge is 2.37. The fourth-order valence-corrected chi connectivity index (χ4v) is 2.99. The van der Waals surface area contributed by atoms with Crippen LogP contribution in [0.25, 0.3) is 0 Å². The predicted octanol–water partition coefficient (Wildman–Crippen LogP) is 1.77. The van der Waals surface area contributed by atoms with E-state index in [0.29, 0.717) is 24.2 Å². The summed E-state index contributed by atoms with van der Waals surface area (Å²) >= 11 is 0. The highest BCUT2D eigenvalue weighted by Crippen LogP contribution is 2.37. The van der Waals surface area contributed by atoms with Crippen molar-refractivity contribution in [2.45, 2.75) is 38.5 Å². The smallest absolute Gasteiger partial charge is 0.274 e. The van der Waals surface area contributed by atoms with Gasteiger partial charge in [-0.15, -0.1) is 0 Å². The molecule has 3 rings (SSSR count). The molecule has 1 fully saturated rings. The third-order valence-corrected chi connectivity index (χ3v) is 4.40. The van der Waals surface area contributed by atoms with Gasteiger partial charge in [0.2, 0.25) is 0 Å². The summed E-state index contributed by atoms with van der Waals surface area (Å²) in [6, 6.07) is 5.32. The third kappa shape index (κ3) is 3.32. The van der Waals surface area contributed by atoms with E-state index in [2.05, 4.69) is 15.5 Å². The van der Waals surface area contributed by atoms with Gasteiger partial charge in [0.25, 0.3) is 5.91 Å². The number of hydrogen-bond donors (Lipinski definition) is 2. The molecule has 2 N–H and O–H groups in total. The van der Waals surface area contributed by atoms with Crippen LogP contribution in [0.5, 0.6) is 0 Å². The molecular formula is C17H21N3O4. The van der Waals surface area contributed by atoms with Gasteiger partial charge in [0.1, 0.15) is 5.76 Å². The molecule has 7 nitrogen and oxygen atoms in total. The van der Waals surface area contributed by atoms with E-state index in [1.807, 2.05) is 18.2 Å². The minimum Gasteiger partial charge on any atom is -0.393 e. The lowest BCUT2D eigenvalue weighted by Gasteiger charge is -2.37. The van der Waals surface area contributed by atoms with Crippen molar-refractivity contribution >= 4 is 5.91 Å². The summed E-state index contributed by atoms with van der Waals surface area (Å²) in [5.74, 6) is 0.393. The lowest BCUT2D eigenvalue weighted by atomic mass is 9.76. The maximum Gasteiger partial charge on any atom is 0.274 e. The monoisotopic (exact) mass is 331 g/mol. The van der Waals surface area contributed by atoms with Gasteiger partial charge in [-0.1, -0.05) is 11.2 Å². The van der Waals surface area contributed by atoms with Gasteiger partial charge in [-0.25, -0.2) is 0 Å². The molecule has 0 unspecified atom stereocenters. The summed E-state index contributed by atoms with van der Waals surface area (Å²) in [4.78, 5) is 17.0. The molecule has 1 saturated carbocycles. The van der Waals surface area contributed by atoms with Crippen LogP contribution in [0, 0.1) is 12.8 Å². The number of aromatic nitrogens is 2. The van der Waals surface area contributed by atoms with Crippen molar-refractivity contribution in [3.05, 3.63) is 47.1 Å². The zero-order valence-electron chi connectivity index (χ0n) is 13.7. The van der Waals surface area contributed by atoms with Crippen LogP contribution in [0.1, 0.15) is 46.4 Å². The van der Waals surface area contributed by atoms with E-state index < -0.39 is 0 Å². The summed E-state index contributed by atoms with van der Waals surface area (Å²) in [5.41, 5.74) is 1.65. The Labute approximate surface area is 140 Å². The lowest BCUT2D eigenvalue weighted by molar-refractivity contribution is 0.0227. The Bertz CT molecular complexity index is 695. The largest absolute Gasteiger partial charge is 0.393 e. The number of amides is 1. The number of ether oxygens (including phenoxy) is 1. The van der Waals surface area contributed by atoms with Crippen LogP contribution in [-0.2, 0) is 11.3 Å². The zero-order chi connectivity index (χ0) is 17.1. The van der Waals surface area contributed by atoms with Crippen LogP contribution in [-0.4, -0.2) is 34.4 Å². The molecule has 0 spiro atoms. The molecule has 0 aromatic carbocycles. The number of aliphatic hydroxyl groups is 1. The Kier molecular flexibility index (Phi) is 4.92. The molecule has 1 aliphatic carbocycles. The van der Waals surface area contributed by atoms with E-state index in [1.165, 1.54) is 0 Å². The van der Waals surface area contributed by atoms with Crippen molar-refractivity contribution in [1.82, 2.24) is 15.5 Å². The number of methoxy groups -OCH3 is 1. The molecule has 0 radical (unpaired) electrons. The number of carbonyl (C=O) groups is 1. The van der Waals surface area contributed by atoms with Crippen molar-refractivity contribution in [3.8, 4) is 0 Å². The van der Waals surface area contributed by atoms with E-state index in [4.69, 9.17) is 9.26 Å². The van der Waals surface area contributed by atoms with Crippen molar-refractivity contribution in [2.75, 3.05) is 7.11 Å². The Hall–Kier alpha value is -2.25. The third-order valence-electron chi connectivity index (χ3n) is 4.40. The number of aryl methyl sites for hydroxylation is 1. The van der Waals surface area contributed by atoms with Crippen molar-refractivity contribution < 1.29 is 19.2 Å². The van der Waals surface area contributed by atoms with Crippen molar-refractivity contribution in [2.24, 2.45) is 5.92 Å². The van der Waals surface area contributed by atoms with Gasteiger partial charge in [0.15, 0.2) is 5.69 Å². The first-order valence-electron chi connectivity index (χ1n) is 7.94. The highest BCUT2D eigenvalue weighted by atomic mass is 16.5. The summed E-state index contributed by atoms with van der Waals surface area (Å²) in [6.45, 7) is 2.01. The van der Waals surface area contributed by atoms with Crippen LogP contribution < -0.4 is 5.32 Å². The average Bonchev–Trinajstić information content (AvgIpc) is 2.92. The van der Waals surface area contributed by atoms with Gasteiger partial charge in [0.05, 0.1) is 30.0 Å². The molecule has 7 heteroatoms. The van der Waals surface area contributed by atoms with Gasteiger partial charge in [-0.3, -0.25) is 9.78 Å². The SMILES string of the molecule is COCc1c(C(=O)N[C@H](c2ccccn2)C2CC(O)C2)noc1C. The Morgan fingerprint density at radius 2 is 2.29 bits per heavy atom. The first-order valence-corrected chi connectivity index (χ1v) is 7.94. The molecule has 2 aromatic heterocycles. The zero-order valence-corrected chi connectivity index (χ0v) is 13.7. The van der Waals surface area contributed by atoms with Crippen LogP contribution >= 0.6 is 0 Å². The molecule has 2 heterocycles. The summed E-state index contributed by atoms with van der Waals surface area (Å²) in [7, 11) is 1.56. The molecule has 0 aliphatic heterocycles. The van der Waals surface area contributed by atoms with E-state index in [9.17, 15) is 9.90 Å². The second-order valence-electron chi connectivity index (χ2n) is 6.09. The van der Waals surface area contributed by atoms with Gasteiger partial charge >= 0.3 is 0 Å². The molecule has 128 valence electrons. The number of aliphatic hydroxyl groups excluding tert-OH is 1. The van der Waals surface area contributed by atoms with Crippen molar-refractivity contribution in [3.63, 3.8) is 0 Å². The predicted molar refractivity (Wildman–Crippen MR) is 85.1 cm³/mol. The van der Waals surface area contributed by atoms with Crippen LogP contribution in [0.2, 0.25) is 0 Å². The summed E-state index contributed by atoms with van der Waals surface area (Å²) < 4.78 is 10.2. The van der Waals surface area contributed by atoms with Gasteiger partial charge < -0.3 is 19.7 Å². The Morgan fingerprint density at radius 1 is 1.50 bits per heavy atom. The molecule has 0 saturated heterocycles. The topological polar surface area (TPSA) is 97.5 Å². The lowest BCUT2D eigenvalue weighted by Crippen LogP contribution is -2.42. The molecule has 0 bridgehead atoms. The maximum absolute atomic E-state index is 12.7. The normalized spacial score (nSPS) is 21.1. The van der Waals surface area contributed by atoms with E-state index in [-0.39, 0.29) is 36.3 Å². The van der Waals surface area contributed by atoms with Crippen LogP contribution in [0.4, 0.5) is 0 Å². The fraction of sp³-hybridized carbons (Fsp3) is 0.471. The molecule has 1 atom stereocenters. The number of nitrogens with zero attached hydrogens (tertiary/aromatic N) is 2. The van der Waals surface area contributed by atoms with Crippen molar-refractivity contribution in [1.29, 1.82) is 0 Å². The number of nitrogens with one attached hydrogen (secondary N) is 1. The van der Waals surface area contributed by atoms with E-state index in [0.717, 1.165) is 5.69 Å². The molecule has 24 heavy (non-hydrogen) atoms. The molecular weight excluding hydrogens is 310 g/mol. The fourth-order valence-electron chi connectivity index (χ4n) is 2.99. The van der Waals surface area contributed by atoms with Gasteiger partial charge in [-0.05, 0) is 37.8 Å². The Balaban J connectivity index is 1.81. The first kappa shape index (κ1) is 16.6. The minimum atomic E-state index is -0.323. The first-order chi connectivity index (χ1) is 11.6. The molecule has 1 aliphatic rings. The maximum atomic E-state index is 12.7. The summed E-state index contributed by atoms with van der Waals surface area (Å²) in [6.07, 6.45) is 2.67. The number of carbonyl (C=O) groups excluding carboxylic acids is 1. The highest BCUT2D eigenvalue weighted by molar-refractivity contribution is 5.94. The van der Waals surface area contributed by atoms with Crippen LogP contribution in [0.3, 0.4) is 0 Å². The van der Waals surface area contributed by atoms with E-state index >= 15 is 0 Å². The summed E-state index contributed by atoms with van der Waals surface area (Å²) in [5, 5.41) is 16.5. The quantitative estimate of drug-likeness (QED) is 0.837.